The predicted molar refractivity (Wildman–Crippen MR) is 59.9 cm³/mol. The highest BCUT2D eigenvalue weighted by Crippen LogP contribution is 2.29. The molecular weight excluding hydrogens is 263 g/mol. The molecule has 0 fully saturated rings. The summed E-state index contributed by atoms with van der Waals surface area (Å²) in [5, 5.41) is 0. The van der Waals surface area contributed by atoms with E-state index < -0.39 is 5.82 Å². The van der Waals surface area contributed by atoms with E-state index in [1.807, 2.05) is 6.92 Å². The third kappa shape index (κ3) is 3.30. The summed E-state index contributed by atoms with van der Waals surface area (Å²) in [6, 6.07) is 2.45. The number of carbonyl (C=O) groups excluding carboxylic acids is 1. The quantitative estimate of drug-likeness (QED) is 0.606. The molecule has 0 heterocycles. The molecule has 0 aliphatic heterocycles. The van der Waals surface area contributed by atoms with Crippen LogP contribution in [0.15, 0.2) is 16.6 Å². The van der Waals surface area contributed by atoms with Gasteiger partial charge in [0.25, 0.3) is 0 Å². The smallest absolute Gasteiger partial charge is 0.153 e. The van der Waals surface area contributed by atoms with Crippen molar-refractivity contribution in [2.24, 2.45) is 0 Å². The van der Waals surface area contributed by atoms with Crippen molar-refractivity contribution in [3.05, 3.63) is 28.0 Å². The number of unbranched alkanes of at least 4 members (excludes halogenated alkanes) is 1. The average Bonchev–Trinajstić information content (AvgIpc) is 2.20. The Morgan fingerprint density at radius 2 is 2.27 bits per heavy atom. The first-order chi connectivity index (χ1) is 7.19. The van der Waals surface area contributed by atoms with Gasteiger partial charge in [-0.3, -0.25) is 4.79 Å². The molecule has 0 saturated carbocycles. The van der Waals surface area contributed by atoms with Crippen LogP contribution in [0, 0.1) is 5.82 Å². The van der Waals surface area contributed by atoms with Crippen LogP contribution in [-0.2, 0) is 0 Å². The Bertz CT molecular complexity index is 353. The highest BCUT2D eigenvalue weighted by molar-refractivity contribution is 9.10. The van der Waals surface area contributed by atoms with E-state index in [-0.39, 0.29) is 5.56 Å². The summed E-state index contributed by atoms with van der Waals surface area (Å²) < 4.78 is 18.8. The van der Waals surface area contributed by atoms with Crippen LogP contribution in [0.4, 0.5) is 4.39 Å². The lowest BCUT2D eigenvalue weighted by molar-refractivity contribution is 0.111. The van der Waals surface area contributed by atoms with Gasteiger partial charge in [0, 0.05) is 0 Å². The number of ether oxygens (including phenoxy) is 1. The fourth-order valence-electron chi connectivity index (χ4n) is 1.14. The van der Waals surface area contributed by atoms with Crippen molar-refractivity contribution in [2.75, 3.05) is 6.61 Å². The molecule has 0 unspecified atom stereocenters. The largest absolute Gasteiger partial charge is 0.492 e. The molecule has 0 bridgehead atoms. The van der Waals surface area contributed by atoms with Gasteiger partial charge in [-0.25, -0.2) is 4.39 Å². The summed E-state index contributed by atoms with van der Waals surface area (Å²) in [5.41, 5.74) is 0.234. The summed E-state index contributed by atoms with van der Waals surface area (Å²) in [6.07, 6.45) is 2.51. The topological polar surface area (TPSA) is 26.3 Å². The molecule has 0 aliphatic rings. The standard InChI is InChI=1S/C11H12BrFO2/c1-2-3-4-15-11-8(7-14)5-9(13)6-10(11)12/h5-7H,2-4H2,1H3. The zero-order valence-electron chi connectivity index (χ0n) is 8.43. The second kappa shape index (κ2) is 5.85. The second-order valence-electron chi connectivity index (χ2n) is 3.13. The van der Waals surface area contributed by atoms with Gasteiger partial charge in [0.05, 0.1) is 16.6 Å². The Morgan fingerprint density at radius 1 is 1.53 bits per heavy atom. The minimum absolute atomic E-state index is 0.234. The molecule has 1 rings (SSSR count). The van der Waals surface area contributed by atoms with Gasteiger partial charge in [-0.1, -0.05) is 13.3 Å². The summed E-state index contributed by atoms with van der Waals surface area (Å²) in [5.74, 6) is -0.0355. The fraction of sp³-hybridized carbons (Fsp3) is 0.364. The zero-order valence-corrected chi connectivity index (χ0v) is 10.0. The lowest BCUT2D eigenvalue weighted by atomic mass is 10.2. The Morgan fingerprint density at radius 3 is 2.87 bits per heavy atom. The van der Waals surface area contributed by atoms with E-state index in [0.717, 1.165) is 12.8 Å². The minimum Gasteiger partial charge on any atom is -0.492 e. The molecule has 0 spiro atoms. The summed E-state index contributed by atoms with van der Waals surface area (Å²) >= 11 is 3.17. The van der Waals surface area contributed by atoms with Crippen LogP contribution in [0.1, 0.15) is 30.1 Å². The molecule has 0 aromatic heterocycles. The number of hydrogen-bond acceptors (Lipinski definition) is 2. The first-order valence-electron chi connectivity index (χ1n) is 4.76. The maximum absolute atomic E-state index is 12.9. The lowest BCUT2D eigenvalue weighted by Gasteiger charge is -2.09. The number of halogens is 2. The van der Waals surface area contributed by atoms with Gasteiger partial charge < -0.3 is 4.74 Å². The Labute approximate surface area is 96.6 Å². The van der Waals surface area contributed by atoms with Gasteiger partial charge >= 0.3 is 0 Å². The van der Waals surface area contributed by atoms with Crippen molar-refractivity contribution in [3.63, 3.8) is 0 Å². The maximum Gasteiger partial charge on any atom is 0.153 e. The van der Waals surface area contributed by atoms with E-state index in [1.165, 1.54) is 12.1 Å². The van der Waals surface area contributed by atoms with E-state index in [4.69, 9.17) is 4.74 Å². The first-order valence-corrected chi connectivity index (χ1v) is 5.55. The summed E-state index contributed by atoms with van der Waals surface area (Å²) in [6.45, 7) is 2.57. The Hall–Kier alpha value is -0.900. The normalized spacial score (nSPS) is 10.1. The van der Waals surface area contributed by atoms with E-state index in [2.05, 4.69) is 15.9 Å². The molecule has 1 aromatic carbocycles. The van der Waals surface area contributed by atoms with E-state index in [1.54, 1.807) is 0 Å². The molecular formula is C11H12BrFO2. The third-order valence-corrected chi connectivity index (χ3v) is 2.50. The van der Waals surface area contributed by atoms with Crippen LogP contribution in [0.3, 0.4) is 0 Å². The highest BCUT2D eigenvalue weighted by Gasteiger charge is 2.10. The molecule has 0 radical (unpaired) electrons. The predicted octanol–water partition coefficient (Wildman–Crippen LogP) is 3.58. The van der Waals surface area contributed by atoms with Gasteiger partial charge in [0.2, 0.25) is 0 Å². The van der Waals surface area contributed by atoms with Crippen molar-refractivity contribution in [1.82, 2.24) is 0 Å². The molecule has 82 valence electrons. The van der Waals surface area contributed by atoms with Gasteiger partial charge in [-0.2, -0.15) is 0 Å². The highest BCUT2D eigenvalue weighted by atomic mass is 79.9. The second-order valence-corrected chi connectivity index (χ2v) is 3.98. The Kier molecular flexibility index (Phi) is 4.75. The molecule has 15 heavy (non-hydrogen) atoms. The average molecular weight is 275 g/mol. The molecule has 4 heteroatoms. The van der Waals surface area contributed by atoms with Crippen LogP contribution in [0.25, 0.3) is 0 Å². The van der Waals surface area contributed by atoms with Crippen molar-refractivity contribution >= 4 is 22.2 Å². The monoisotopic (exact) mass is 274 g/mol. The number of hydrogen-bond donors (Lipinski definition) is 0. The van der Waals surface area contributed by atoms with E-state index in [0.29, 0.717) is 23.1 Å². The van der Waals surface area contributed by atoms with Gasteiger partial charge in [-0.15, -0.1) is 0 Å². The number of carbonyl (C=O) groups is 1. The Balaban J connectivity index is 2.89. The minimum atomic E-state index is -0.452. The van der Waals surface area contributed by atoms with Gasteiger partial charge in [0.1, 0.15) is 11.6 Å². The first kappa shape index (κ1) is 12.2. The van der Waals surface area contributed by atoms with Gasteiger partial charge in [-0.05, 0) is 34.5 Å². The zero-order chi connectivity index (χ0) is 11.3. The summed E-state index contributed by atoms with van der Waals surface area (Å²) in [7, 11) is 0. The third-order valence-electron chi connectivity index (χ3n) is 1.91. The van der Waals surface area contributed by atoms with Gasteiger partial charge in [0.15, 0.2) is 6.29 Å². The lowest BCUT2D eigenvalue weighted by Crippen LogP contribution is -2.01. The number of benzene rings is 1. The van der Waals surface area contributed by atoms with Crippen molar-refractivity contribution in [2.45, 2.75) is 19.8 Å². The van der Waals surface area contributed by atoms with Crippen molar-refractivity contribution in [1.29, 1.82) is 0 Å². The summed E-state index contributed by atoms with van der Waals surface area (Å²) in [4.78, 5) is 10.7. The van der Waals surface area contributed by atoms with Crippen LogP contribution < -0.4 is 4.74 Å². The molecule has 1 aromatic rings. The van der Waals surface area contributed by atoms with Crippen LogP contribution in [0.2, 0.25) is 0 Å². The van der Waals surface area contributed by atoms with Crippen LogP contribution in [-0.4, -0.2) is 12.9 Å². The van der Waals surface area contributed by atoms with Crippen molar-refractivity contribution < 1.29 is 13.9 Å². The number of aldehydes is 1. The van der Waals surface area contributed by atoms with E-state index in [9.17, 15) is 9.18 Å². The fourth-order valence-corrected chi connectivity index (χ4v) is 1.70. The van der Waals surface area contributed by atoms with E-state index >= 15 is 0 Å². The molecule has 0 amide bonds. The molecule has 0 saturated heterocycles. The SMILES string of the molecule is CCCCOc1c(Br)cc(F)cc1C=O. The van der Waals surface area contributed by atoms with Crippen molar-refractivity contribution in [3.8, 4) is 5.75 Å². The number of rotatable bonds is 5. The van der Waals surface area contributed by atoms with Crippen LogP contribution >= 0.6 is 15.9 Å². The molecule has 2 nitrogen and oxygen atoms in total. The molecule has 0 aliphatic carbocycles. The van der Waals surface area contributed by atoms with Crippen LogP contribution in [0.5, 0.6) is 5.75 Å². The molecule has 0 N–H and O–H groups in total. The molecule has 0 atom stereocenters. The maximum atomic E-state index is 12.9.